The van der Waals surface area contributed by atoms with Gasteiger partial charge in [0.2, 0.25) is 5.91 Å². The molecule has 0 aliphatic rings. The number of carbonyl (C=O) groups excluding carboxylic acids is 1. The van der Waals surface area contributed by atoms with Crippen molar-refractivity contribution in [3.8, 4) is 0 Å². The minimum atomic E-state index is -0.335. The van der Waals surface area contributed by atoms with Gasteiger partial charge in [0.05, 0.1) is 23.3 Å². The monoisotopic (exact) mass is 325 g/mol. The Kier molecular flexibility index (Phi) is 4.37. The number of carbonyl (C=O) groups is 1. The highest BCUT2D eigenvalue weighted by molar-refractivity contribution is 5.80. The van der Waals surface area contributed by atoms with Crippen molar-refractivity contribution in [2.24, 2.45) is 0 Å². The summed E-state index contributed by atoms with van der Waals surface area (Å²) in [5, 5.41) is 2.81. The van der Waals surface area contributed by atoms with E-state index >= 15 is 0 Å². The molecule has 1 aromatic heterocycles. The highest BCUT2D eigenvalue weighted by Gasteiger charge is 2.12. The first-order valence-electron chi connectivity index (χ1n) is 7.54. The molecule has 2 aromatic carbocycles. The molecule has 0 saturated carbocycles. The molecule has 3 rings (SSSR count). The van der Waals surface area contributed by atoms with Gasteiger partial charge in [-0.05, 0) is 36.8 Å². The summed E-state index contributed by atoms with van der Waals surface area (Å²) in [5.41, 5.74) is 1.71. The fraction of sp³-hybridized carbons (Fsp3) is 0.167. The third kappa shape index (κ3) is 3.32. The van der Waals surface area contributed by atoms with Crippen molar-refractivity contribution in [2.75, 3.05) is 0 Å². The summed E-state index contributed by atoms with van der Waals surface area (Å²) in [4.78, 5) is 28.4. The summed E-state index contributed by atoms with van der Waals surface area (Å²) in [5.74, 6) is -0.627. The quantitative estimate of drug-likeness (QED) is 0.801. The topological polar surface area (TPSA) is 64.0 Å². The molecule has 0 saturated heterocycles. The number of halogens is 1. The van der Waals surface area contributed by atoms with Gasteiger partial charge in [0, 0.05) is 0 Å². The number of nitrogens with one attached hydrogen (secondary N) is 1. The maximum absolute atomic E-state index is 13.0. The zero-order valence-corrected chi connectivity index (χ0v) is 13.1. The van der Waals surface area contributed by atoms with Crippen LogP contribution < -0.4 is 10.9 Å². The second-order valence-corrected chi connectivity index (χ2v) is 5.51. The van der Waals surface area contributed by atoms with Crippen LogP contribution in [-0.2, 0) is 11.3 Å². The summed E-state index contributed by atoms with van der Waals surface area (Å²) in [6.07, 6.45) is 1.21. The van der Waals surface area contributed by atoms with Gasteiger partial charge in [0.15, 0.2) is 0 Å². The molecule has 0 aliphatic carbocycles. The molecule has 0 fully saturated rings. The second-order valence-electron chi connectivity index (χ2n) is 5.51. The highest BCUT2D eigenvalue weighted by Crippen LogP contribution is 2.13. The molecule has 1 unspecified atom stereocenters. The number of rotatable bonds is 4. The van der Waals surface area contributed by atoms with Crippen LogP contribution in [-0.4, -0.2) is 15.5 Å². The van der Waals surface area contributed by atoms with E-state index in [0.29, 0.717) is 11.0 Å². The fourth-order valence-corrected chi connectivity index (χ4v) is 2.54. The summed E-state index contributed by atoms with van der Waals surface area (Å²) in [7, 11) is 0. The van der Waals surface area contributed by atoms with Gasteiger partial charge in [-0.2, -0.15) is 0 Å². The van der Waals surface area contributed by atoms with Crippen LogP contribution in [0.15, 0.2) is 59.5 Å². The number of benzene rings is 2. The number of aromatic nitrogens is 2. The van der Waals surface area contributed by atoms with E-state index in [-0.39, 0.29) is 29.9 Å². The van der Waals surface area contributed by atoms with Gasteiger partial charge in [-0.1, -0.05) is 24.3 Å². The van der Waals surface area contributed by atoms with E-state index in [4.69, 9.17) is 0 Å². The van der Waals surface area contributed by atoms with Gasteiger partial charge >= 0.3 is 0 Å². The predicted molar refractivity (Wildman–Crippen MR) is 89.0 cm³/mol. The summed E-state index contributed by atoms with van der Waals surface area (Å²) in [6.45, 7) is 1.70. The molecule has 3 aromatic rings. The summed E-state index contributed by atoms with van der Waals surface area (Å²) >= 11 is 0. The van der Waals surface area contributed by atoms with Crippen LogP contribution in [0.3, 0.4) is 0 Å². The lowest BCUT2D eigenvalue weighted by atomic mass is 10.1. The van der Waals surface area contributed by atoms with Crippen molar-refractivity contribution in [3.05, 3.63) is 76.5 Å². The Hall–Kier alpha value is -3.02. The molecule has 0 aliphatic heterocycles. The number of para-hydroxylation sites is 2. The Bertz CT molecular complexity index is 935. The molecule has 0 radical (unpaired) electrons. The first-order valence-corrected chi connectivity index (χ1v) is 7.54. The second kappa shape index (κ2) is 6.62. The van der Waals surface area contributed by atoms with E-state index in [0.717, 1.165) is 5.56 Å². The Labute approximate surface area is 137 Å². The molecule has 5 nitrogen and oxygen atoms in total. The summed E-state index contributed by atoms with van der Waals surface area (Å²) in [6, 6.07) is 12.8. The normalized spacial score (nSPS) is 12.1. The molecule has 1 atom stereocenters. The van der Waals surface area contributed by atoms with Crippen LogP contribution in [0.5, 0.6) is 0 Å². The van der Waals surface area contributed by atoms with Crippen molar-refractivity contribution in [1.82, 2.24) is 14.9 Å². The van der Waals surface area contributed by atoms with Crippen molar-refractivity contribution in [3.63, 3.8) is 0 Å². The van der Waals surface area contributed by atoms with Crippen molar-refractivity contribution < 1.29 is 9.18 Å². The SMILES string of the molecule is CC(NC(=O)Cn1c(=O)cnc2ccccc21)c1ccc(F)cc1. The van der Waals surface area contributed by atoms with Gasteiger partial charge in [-0.25, -0.2) is 9.37 Å². The van der Waals surface area contributed by atoms with Crippen LogP contribution in [0.25, 0.3) is 11.0 Å². The standard InChI is InChI=1S/C18H16FN3O2/c1-12(13-6-8-14(19)9-7-13)21-17(23)11-22-16-5-3-2-4-15(16)20-10-18(22)24/h2-10,12H,11H2,1H3,(H,21,23). The maximum atomic E-state index is 13.0. The van der Waals surface area contributed by atoms with E-state index in [1.165, 1.54) is 22.9 Å². The average molecular weight is 325 g/mol. The van der Waals surface area contributed by atoms with Crippen LogP contribution in [0, 0.1) is 5.82 Å². The third-order valence-corrected chi connectivity index (χ3v) is 3.80. The van der Waals surface area contributed by atoms with Crippen molar-refractivity contribution in [1.29, 1.82) is 0 Å². The Morgan fingerprint density at radius 3 is 2.67 bits per heavy atom. The highest BCUT2D eigenvalue weighted by atomic mass is 19.1. The molecule has 122 valence electrons. The minimum Gasteiger partial charge on any atom is -0.348 e. The Morgan fingerprint density at radius 1 is 1.21 bits per heavy atom. The largest absolute Gasteiger partial charge is 0.348 e. The molecule has 1 heterocycles. The predicted octanol–water partition coefficient (Wildman–Crippen LogP) is 2.41. The molecular weight excluding hydrogens is 309 g/mol. The number of nitrogens with zero attached hydrogens (tertiary/aromatic N) is 2. The van der Waals surface area contributed by atoms with Crippen molar-refractivity contribution in [2.45, 2.75) is 19.5 Å². The van der Waals surface area contributed by atoms with Crippen LogP contribution in [0.4, 0.5) is 4.39 Å². The average Bonchev–Trinajstić information content (AvgIpc) is 2.58. The minimum absolute atomic E-state index is 0.104. The van der Waals surface area contributed by atoms with Crippen molar-refractivity contribution >= 4 is 16.9 Å². The number of amides is 1. The fourth-order valence-electron chi connectivity index (χ4n) is 2.54. The van der Waals surface area contributed by atoms with E-state index in [9.17, 15) is 14.0 Å². The van der Waals surface area contributed by atoms with Crippen LogP contribution in [0.2, 0.25) is 0 Å². The zero-order chi connectivity index (χ0) is 17.1. The molecule has 0 bridgehead atoms. The maximum Gasteiger partial charge on any atom is 0.269 e. The molecule has 6 heteroatoms. The summed E-state index contributed by atoms with van der Waals surface area (Å²) < 4.78 is 14.3. The lowest BCUT2D eigenvalue weighted by molar-refractivity contribution is -0.122. The first kappa shape index (κ1) is 15.9. The van der Waals surface area contributed by atoms with E-state index < -0.39 is 0 Å². The van der Waals surface area contributed by atoms with E-state index in [2.05, 4.69) is 10.3 Å². The van der Waals surface area contributed by atoms with Crippen LogP contribution in [0.1, 0.15) is 18.5 Å². The van der Waals surface area contributed by atoms with E-state index in [1.807, 2.05) is 6.07 Å². The van der Waals surface area contributed by atoms with E-state index in [1.54, 1.807) is 37.3 Å². The number of hydrogen-bond donors (Lipinski definition) is 1. The van der Waals surface area contributed by atoms with Gasteiger partial charge in [-0.15, -0.1) is 0 Å². The first-order chi connectivity index (χ1) is 11.5. The number of hydrogen-bond acceptors (Lipinski definition) is 3. The molecule has 24 heavy (non-hydrogen) atoms. The molecule has 1 amide bonds. The Morgan fingerprint density at radius 2 is 1.92 bits per heavy atom. The van der Waals surface area contributed by atoms with Gasteiger partial charge in [0.1, 0.15) is 12.4 Å². The third-order valence-electron chi connectivity index (χ3n) is 3.80. The van der Waals surface area contributed by atoms with Crippen LogP contribution >= 0.6 is 0 Å². The van der Waals surface area contributed by atoms with Gasteiger partial charge < -0.3 is 5.32 Å². The molecular formula is C18H16FN3O2. The smallest absolute Gasteiger partial charge is 0.269 e. The lowest BCUT2D eigenvalue weighted by Gasteiger charge is -2.15. The Balaban J connectivity index is 1.79. The van der Waals surface area contributed by atoms with Gasteiger partial charge in [0.25, 0.3) is 5.56 Å². The number of fused-ring (bicyclic) bond motifs is 1. The zero-order valence-electron chi connectivity index (χ0n) is 13.1. The molecule has 0 spiro atoms. The van der Waals surface area contributed by atoms with Gasteiger partial charge in [-0.3, -0.25) is 14.2 Å². The molecule has 1 N–H and O–H groups in total. The lowest BCUT2D eigenvalue weighted by Crippen LogP contribution is -2.34.